The number of para-hydroxylation sites is 1. The van der Waals surface area contributed by atoms with Gasteiger partial charge in [0.05, 0.1) is 11.3 Å². The number of nitrogens with one attached hydrogen (secondary N) is 1. The average molecular weight is 429 g/mol. The van der Waals surface area contributed by atoms with Crippen LogP contribution in [0.2, 0.25) is 0 Å². The van der Waals surface area contributed by atoms with Gasteiger partial charge in [0.25, 0.3) is 11.1 Å². The number of rotatable bonds is 5. The highest BCUT2D eigenvalue weighted by molar-refractivity contribution is 8.18. The topological polar surface area (TPSA) is 66.5 Å². The lowest BCUT2D eigenvalue weighted by atomic mass is 10.00. The first-order valence-corrected chi connectivity index (χ1v) is 10.6. The van der Waals surface area contributed by atoms with E-state index in [1.165, 1.54) is 0 Å². The van der Waals surface area contributed by atoms with E-state index in [-0.39, 0.29) is 17.1 Å². The van der Waals surface area contributed by atoms with Gasteiger partial charge in [0.15, 0.2) is 0 Å². The van der Waals surface area contributed by atoms with Gasteiger partial charge in [-0.1, -0.05) is 66.7 Å². The molecule has 4 rings (SSSR count). The number of hydrogen-bond acceptors (Lipinski definition) is 4. The molecule has 1 fully saturated rings. The van der Waals surface area contributed by atoms with Crippen LogP contribution in [0.5, 0.6) is 0 Å². The van der Waals surface area contributed by atoms with Crippen LogP contribution in [0.4, 0.5) is 10.5 Å². The fourth-order valence-corrected chi connectivity index (χ4v) is 3.98. The quantitative estimate of drug-likeness (QED) is 0.588. The smallest absolute Gasteiger partial charge is 0.290 e. The van der Waals surface area contributed by atoms with Crippen LogP contribution in [0.1, 0.15) is 11.1 Å². The summed E-state index contributed by atoms with van der Waals surface area (Å²) in [5.74, 6) is -0.343. The van der Waals surface area contributed by atoms with Crippen molar-refractivity contribution in [3.05, 3.63) is 94.9 Å². The number of nitrogens with zero attached hydrogens (tertiary/aromatic N) is 1. The maximum absolute atomic E-state index is 12.7. The van der Waals surface area contributed by atoms with E-state index in [1.54, 1.807) is 18.0 Å². The third-order valence-corrected chi connectivity index (χ3v) is 5.79. The van der Waals surface area contributed by atoms with E-state index in [2.05, 4.69) is 5.32 Å². The number of anilines is 1. The lowest BCUT2D eigenvalue weighted by Gasteiger charge is -2.17. The predicted molar refractivity (Wildman–Crippen MR) is 125 cm³/mol. The minimum absolute atomic E-state index is 0.0206. The molecule has 1 aliphatic heterocycles. The first-order valence-electron chi connectivity index (χ1n) is 9.75. The predicted octanol–water partition coefficient (Wildman–Crippen LogP) is 4.88. The first-order chi connectivity index (χ1) is 15.0. The Hall–Kier alpha value is -3.64. The van der Waals surface area contributed by atoms with Gasteiger partial charge in [-0.25, -0.2) is 0 Å². The number of likely N-dealkylation sites (N-methyl/N-ethyl adjacent to an activating group) is 1. The van der Waals surface area contributed by atoms with E-state index >= 15 is 0 Å². The van der Waals surface area contributed by atoms with Crippen molar-refractivity contribution in [2.45, 2.75) is 6.42 Å². The van der Waals surface area contributed by atoms with Crippen LogP contribution in [0.15, 0.2) is 83.8 Å². The molecule has 1 aliphatic rings. The molecule has 1 saturated heterocycles. The monoisotopic (exact) mass is 428 g/mol. The Bertz CT molecular complexity index is 1170. The second kappa shape index (κ2) is 9.02. The Kier molecular flexibility index (Phi) is 6.00. The summed E-state index contributed by atoms with van der Waals surface area (Å²) in [5, 5.41) is 1.90. The van der Waals surface area contributed by atoms with Gasteiger partial charge in [0.2, 0.25) is 5.91 Å². The third kappa shape index (κ3) is 4.92. The molecule has 5 nitrogen and oxygen atoms in total. The minimum atomic E-state index is -0.364. The number of carbonyl (C=O) groups is 3. The van der Waals surface area contributed by atoms with E-state index < -0.39 is 0 Å². The lowest BCUT2D eigenvalue weighted by molar-refractivity contribution is -0.117. The normalized spacial score (nSPS) is 14.5. The number of hydrogen-bond donors (Lipinski definition) is 1. The summed E-state index contributed by atoms with van der Waals surface area (Å²) >= 11 is 0.903. The van der Waals surface area contributed by atoms with E-state index in [0.717, 1.165) is 39.7 Å². The molecule has 3 aromatic carbocycles. The van der Waals surface area contributed by atoms with Crippen molar-refractivity contribution < 1.29 is 14.4 Å². The van der Waals surface area contributed by atoms with E-state index in [1.807, 2.05) is 78.9 Å². The highest BCUT2D eigenvalue weighted by atomic mass is 32.2. The van der Waals surface area contributed by atoms with Gasteiger partial charge in [-0.05, 0) is 52.2 Å². The summed E-state index contributed by atoms with van der Waals surface area (Å²) in [4.78, 5) is 37.7. The van der Waals surface area contributed by atoms with E-state index in [4.69, 9.17) is 0 Å². The molecule has 0 radical (unpaired) electrons. The lowest BCUT2D eigenvalue weighted by Crippen LogP contribution is -2.27. The van der Waals surface area contributed by atoms with Crippen LogP contribution in [-0.4, -0.2) is 24.1 Å². The molecular weight excluding hydrogens is 408 g/mol. The van der Waals surface area contributed by atoms with Crippen molar-refractivity contribution in [2.75, 3.05) is 11.9 Å². The van der Waals surface area contributed by atoms with Crippen molar-refractivity contribution in [2.24, 2.45) is 0 Å². The Morgan fingerprint density at radius 1 is 0.935 bits per heavy atom. The van der Waals surface area contributed by atoms with Crippen LogP contribution >= 0.6 is 11.8 Å². The summed E-state index contributed by atoms with van der Waals surface area (Å²) < 4.78 is 0. The maximum atomic E-state index is 12.7. The number of amides is 3. The fourth-order valence-electron chi connectivity index (χ4n) is 3.29. The first kappa shape index (κ1) is 20.6. The highest BCUT2D eigenvalue weighted by Gasteiger charge is 2.24. The summed E-state index contributed by atoms with van der Waals surface area (Å²) in [6.07, 6.45) is 2.01. The van der Waals surface area contributed by atoms with Gasteiger partial charge in [-0.15, -0.1) is 0 Å². The molecule has 6 heteroatoms. The molecule has 1 heterocycles. The Labute approximate surface area is 184 Å². The average Bonchev–Trinajstić information content (AvgIpc) is 3.11. The number of imide groups is 1. The van der Waals surface area contributed by atoms with Crippen molar-refractivity contribution in [1.82, 2.24) is 5.32 Å². The number of thioether (sulfide) groups is 1. The zero-order chi connectivity index (χ0) is 21.8. The molecule has 0 bridgehead atoms. The van der Waals surface area contributed by atoms with Crippen molar-refractivity contribution in [3.8, 4) is 11.1 Å². The third-order valence-electron chi connectivity index (χ3n) is 4.98. The van der Waals surface area contributed by atoms with Gasteiger partial charge in [-0.2, -0.15) is 0 Å². The zero-order valence-electron chi connectivity index (χ0n) is 16.9. The van der Waals surface area contributed by atoms with Crippen LogP contribution in [0, 0.1) is 0 Å². The van der Waals surface area contributed by atoms with Gasteiger partial charge in [0, 0.05) is 12.7 Å². The SMILES string of the molecule is CN(C(=O)Cc1cccc(-c2ccc(/C=C3/SC(=O)NC3=O)cc2)c1)c1ccccc1. The Morgan fingerprint density at radius 3 is 2.35 bits per heavy atom. The number of carbonyl (C=O) groups excluding carboxylic acids is 3. The van der Waals surface area contributed by atoms with Gasteiger partial charge in [-0.3, -0.25) is 19.7 Å². The standard InChI is InChI=1S/C25H20N2O3S/c1-27(21-8-3-2-4-9-21)23(28)16-18-6-5-7-20(14-18)19-12-10-17(11-13-19)15-22-24(29)26-25(30)31-22/h2-15H,16H2,1H3,(H,26,29,30)/b22-15+. The van der Waals surface area contributed by atoms with Crippen molar-refractivity contribution >= 4 is 40.6 Å². The second-order valence-electron chi connectivity index (χ2n) is 7.14. The molecule has 0 saturated carbocycles. The summed E-state index contributed by atoms with van der Waals surface area (Å²) in [5.41, 5.74) is 4.66. The van der Waals surface area contributed by atoms with Gasteiger partial charge < -0.3 is 4.90 Å². The number of benzene rings is 3. The summed E-state index contributed by atoms with van der Waals surface area (Å²) in [6.45, 7) is 0. The maximum Gasteiger partial charge on any atom is 0.290 e. The molecule has 0 unspecified atom stereocenters. The highest BCUT2D eigenvalue weighted by Crippen LogP contribution is 2.27. The van der Waals surface area contributed by atoms with Crippen molar-refractivity contribution in [3.63, 3.8) is 0 Å². The van der Waals surface area contributed by atoms with Crippen LogP contribution in [-0.2, 0) is 16.0 Å². The molecule has 0 aliphatic carbocycles. The van der Waals surface area contributed by atoms with Gasteiger partial charge >= 0.3 is 0 Å². The zero-order valence-corrected chi connectivity index (χ0v) is 17.7. The van der Waals surface area contributed by atoms with Crippen molar-refractivity contribution in [1.29, 1.82) is 0 Å². The molecule has 0 aromatic heterocycles. The summed E-state index contributed by atoms with van der Waals surface area (Å²) in [6, 6.07) is 25.2. The summed E-state index contributed by atoms with van der Waals surface area (Å²) in [7, 11) is 1.78. The van der Waals surface area contributed by atoms with Crippen LogP contribution in [0.3, 0.4) is 0 Å². The molecule has 3 aromatic rings. The Balaban J connectivity index is 1.48. The second-order valence-corrected chi connectivity index (χ2v) is 8.15. The molecule has 31 heavy (non-hydrogen) atoms. The molecule has 0 spiro atoms. The molecule has 3 amide bonds. The van der Waals surface area contributed by atoms with Gasteiger partial charge in [0.1, 0.15) is 0 Å². The minimum Gasteiger partial charge on any atom is -0.315 e. The molecule has 1 N–H and O–H groups in total. The van der Waals surface area contributed by atoms with E-state index in [9.17, 15) is 14.4 Å². The molecule has 0 atom stereocenters. The van der Waals surface area contributed by atoms with Crippen LogP contribution < -0.4 is 10.2 Å². The van der Waals surface area contributed by atoms with Crippen LogP contribution in [0.25, 0.3) is 17.2 Å². The Morgan fingerprint density at radius 2 is 1.68 bits per heavy atom. The largest absolute Gasteiger partial charge is 0.315 e. The van der Waals surface area contributed by atoms with E-state index in [0.29, 0.717) is 11.3 Å². The molecular formula is C25H20N2O3S. The fraction of sp³-hybridized carbons (Fsp3) is 0.0800. The molecule has 154 valence electrons.